The molecule has 0 saturated carbocycles. The lowest BCUT2D eigenvalue weighted by Gasteiger charge is -2.46. The fourth-order valence-electron chi connectivity index (χ4n) is 4.82. The van der Waals surface area contributed by atoms with Crippen LogP contribution in [0.3, 0.4) is 0 Å². The summed E-state index contributed by atoms with van der Waals surface area (Å²) in [4.78, 5) is 37.8. The molecule has 1 N–H and O–H groups in total. The van der Waals surface area contributed by atoms with Gasteiger partial charge in [-0.15, -0.1) is 10.1 Å². The number of unbranched alkanes of at least 4 members (excludes halogenated alkanes) is 2. The third-order valence-electron chi connectivity index (χ3n) is 6.39. The van der Waals surface area contributed by atoms with E-state index in [1.807, 2.05) is 12.1 Å². The molecule has 34 heavy (non-hydrogen) atoms. The number of benzene rings is 1. The Labute approximate surface area is 198 Å². The third kappa shape index (κ3) is 6.36. The maximum absolute atomic E-state index is 12.4. The summed E-state index contributed by atoms with van der Waals surface area (Å²) in [5.41, 5.74) is 2.58. The first-order valence-corrected chi connectivity index (χ1v) is 11.5. The molecule has 0 radical (unpaired) electrons. The second-order valence-corrected chi connectivity index (χ2v) is 9.36. The van der Waals surface area contributed by atoms with Crippen molar-refractivity contribution in [2.75, 3.05) is 6.61 Å². The second kappa shape index (κ2) is 10.7. The fraction of sp³-hybridized carbons (Fsp3) is 0.520. The number of hydrogen-bond donors (Lipinski definition) is 1. The zero-order valence-corrected chi connectivity index (χ0v) is 19.7. The van der Waals surface area contributed by atoms with E-state index in [0.29, 0.717) is 24.3 Å². The molecule has 0 fully saturated rings. The first-order chi connectivity index (χ1) is 16.1. The maximum Gasteiger partial charge on any atom is 0.336 e. The molecule has 1 aromatic rings. The Bertz CT molecular complexity index is 1010. The minimum atomic E-state index is -1.23. The van der Waals surface area contributed by atoms with Crippen molar-refractivity contribution in [1.82, 2.24) is 0 Å². The van der Waals surface area contributed by atoms with Crippen LogP contribution < -0.4 is 9.47 Å². The molecule has 0 unspecified atom stereocenters. The normalized spacial score (nSPS) is 20.5. The molecule has 1 aliphatic heterocycles. The van der Waals surface area contributed by atoms with Gasteiger partial charge in [-0.1, -0.05) is 18.1 Å². The van der Waals surface area contributed by atoms with Crippen LogP contribution >= 0.6 is 0 Å². The van der Waals surface area contributed by atoms with Crippen molar-refractivity contribution >= 4 is 11.9 Å². The lowest BCUT2D eigenvalue weighted by atomic mass is 9.68. The van der Waals surface area contributed by atoms with Crippen molar-refractivity contribution in [3.8, 4) is 11.5 Å². The van der Waals surface area contributed by atoms with E-state index in [2.05, 4.69) is 31.7 Å². The number of nitrogens with zero attached hydrogens (tertiary/aromatic N) is 1. The number of carbonyl (C=O) groups excluding carboxylic acids is 1. The quantitative estimate of drug-likeness (QED) is 0.0980. The van der Waals surface area contributed by atoms with Gasteiger partial charge in [0, 0.05) is 29.6 Å². The molecule has 0 spiro atoms. The number of ether oxygens (including phenoxy) is 2. The molecule has 9 heteroatoms. The van der Waals surface area contributed by atoms with Gasteiger partial charge in [0.05, 0.1) is 6.61 Å². The van der Waals surface area contributed by atoms with Crippen molar-refractivity contribution in [1.29, 1.82) is 0 Å². The number of allylic oxidation sites excluding steroid dienone is 2. The Hall–Kier alpha value is -3.36. The first kappa shape index (κ1) is 25.3. The molecule has 184 valence electrons. The molecular weight excluding hydrogens is 442 g/mol. The van der Waals surface area contributed by atoms with Crippen LogP contribution in [0.25, 0.3) is 0 Å². The van der Waals surface area contributed by atoms with Crippen molar-refractivity contribution in [2.24, 2.45) is 5.92 Å². The van der Waals surface area contributed by atoms with E-state index >= 15 is 0 Å². The van der Waals surface area contributed by atoms with E-state index in [4.69, 9.17) is 14.6 Å². The number of hydrogen-bond acceptors (Lipinski definition) is 7. The number of aliphatic carboxylic acids is 1. The minimum absolute atomic E-state index is 0.0204. The van der Waals surface area contributed by atoms with E-state index in [9.17, 15) is 19.7 Å². The van der Waals surface area contributed by atoms with Crippen molar-refractivity contribution in [3.05, 3.63) is 57.2 Å². The molecule has 2 atom stereocenters. The van der Waals surface area contributed by atoms with Gasteiger partial charge in [0.25, 0.3) is 5.09 Å². The molecule has 1 heterocycles. The molecule has 1 aliphatic carbocycles. The zero-order chi connectivity index (χ0) is 24.9. The van der Waals surface area contributed by atoms with Crippen molar-refractivity contribution < 1.29 is 34.1 Å². The highest BCUT2D eigenvalue weighted by atomic mass is 16.9. The summed E-state index contributed by atoms with van der Waals surface area (Å²) < 4.78 is 12.1. The van der Waals surface area contributed by atoms with Gasteiger partial charge in [-0.3, -0.25) is 0 Å². The van der Waals surface area contributed by atoms with Crippen LogP contribution in [0.1, 0.15) is 69.9 Å². The smallest absolute Gasteiger partial charge is 0.336 e. The van der Waals surface area contributed by atoms with Crippen molar-refractivity contribution in [2.45, 2.75) is 70.8 Å². The Balaban J connectivity index is 1.89. The first-order valence-electron chi connectivity index (χ1n) is 11.5. The lowest BCUT2D eigenvalue weighted by Crippen LogP contribution is -2.45. The highest BCUT2D eigenvalue weighted by molar-refractivity contribution is 5.92. The summed E-state index contributed by atoms with van der Waals surface area (Å²) in [6.45, 7) is 6.30. The van der Waals surface area contributed by atoms with Gasteiger partial charge in [0.15, 0.2) is 0 Å². The molecule has 3 rings (SSSR count). The van der Waals surface area contributed by atoms with E-state index < -0.39 is 22.6 Å². The molecule has 9 nitrogen and oxygen atoms in total. The Morgan fingerprint density at radius 3 is 2.74 bits per heavy atom. The van der Waals surface area contributed by atoms with Gasteiger partial charge < -0.3 is 19.4 Å². The molecule has 0 aromatic heterocycles. The SMILES string of the molecule is CC1=C[C@H]2c3c(OC(=O)C=CC(=O)O)cc(CCCCCO[N+](=O)[O-])cc3OC(C)(C)[C@@H]2CC1. The summed E-state index contributed by atoms with van der Waals surface area (Å²) in [6.07, 6.45) is 8.52. The van der Waals surface area contributed by atoms with Gasteiger partial charge in [-0.05, 0) is 70.6 Å². The Kier molecular flexibility index (Phi) is 7.96. The van der Waals surface area contributed by atoms with Gasteiger partial charge in [0.2, 0.25) is 0 Å². The van der Waals surface area contributed by atoms with Gasteiger partial charge in [-0.2, -0.15) is 0 Å². The predicted octanol–water partition coefficient (Wildman–Crippen LogP) is 4.76. The van der Waals surface area contributed by atoms with Crippen LogP contribution in [-0.2, 0) is 20.8 Å². The average molecular weight is 474 g/mol. The van der Waals surface area contributed by atoms with Crippen LogP contribution in [0.4, 0.5) is 0 Å². The molecule has 2 aliphatic rings. The van der Waals surface area contributed by atoms with E-state index in [-0.39, 0.29) is 18.4 Å². The molecular formula is C25H31NO8. The van der Waals surface area contributed by atoms with Crippen LogP contribution in [0.2, 0.25) is 0 Å². The van der Waals surface area contributed by atoms with E-state index in [1.165, 1.54) is 5.57 Å². The zero-order valence-electron chi connectivity index (χ0n) is 19.7. The van der Waals surface area contributed by atoms with E-state index in [1.54, 1.807) is 0 Å². The number of rotatable bonds is 10. The maximum atomic E-state index is 12.4. The summed E-state index contributed by atoms with van der Waals surface area (Å²) in [5.74, 6) is -0.728. The topological polar surface area (TPSA) is 125 Å². The fourth-order valence-corrected chi connectivity index (χ4v) is 4.82. The molecule has 0 amide bonds. The van der Waals surface area contributed by atoms with Gasteiger partial charge >= 0.3 is 11.9 Å². The summed E-state index contributed by atoms with van der Waals surface area (Å²) in [5, 5.41) is 18.3. The largest absolute Gasteiger partial charge is 0.487 e. The van der Waals surface area contributed by atoms with Crippen molar-refractivity contribution in [3.63, 3.8) is 0 Å². The highest BCUT2D eigenvalue weighted by Crippen LogP contribution is 2.53. The number of carbonyl (C=O) groups is 2. The third-order valence-corrected chi connectivity index (χ3v) is 6.39. The summed E-state index contributed by atoms with van der Waals surface area (Å²) in [6, 6.07) is 3.79. The van der Waals surface area contributed by atoms with Gasteiger partial charge in [0.1, 0.15) is 17.1 Å². The summed E-state index contributed by atoms with van der Waals surface area (Å²) in [7, 11) is 0. The predicted molar refractivity (Wildman–Crippen MR) is 123 cm³/mol. The van der Waals surface area contributed by atoms with Crippen LogP contribution in [0, 0.1) is 16.0 Å². The Morgan fingerprint density at radius 1 is 1.26 bits per heavy atom. The second-order valence-electron chi connectivity index (χ2n) is 9.36. The molecule has 0 saturated heterocycles. The van der Waals surface area contributed by atoms with Gasteiger partial charge in [-0.25, -0.2) is 9.59 Å². The van der Waals surface area contributed by atoms with E-state index in [0.717, 1.165) is 49.0 Å². The number of aryl methyl sites for hydroxylation is 1. The molecule has 1 aromatic carbocycles. The average Bonchev–Trinajstić information content (AvgIpc) is 2.73. The number of fused-ring (bicyclic) bond motifs is 3. The highest BCUT2D eigenvalue weighted by Gasteiger charge is 2.45. The standard InChI is InChI=1S/C25H31NO8/c1-16-8-9-19-18(13-16)24-20(33-23(29)11-10-22(27)28)14-17(15-21(24)34-25(19,2)3)7-5-4-6-12-32-26(30)31/h10-11,13-15,18-19H,4-9,12H2,1-3H3,(H,27,28)/t18-,19-/m1/s1. The lowest BCUT2D eigenvalue weighted by molar-refractivity contribution is -0.757. The number of carboxylic acids is 1. The van der Waals surface area contributed by atoms with Crippen LogP contribution in [-0.4, -0.2) is 34.3 Å². The minimum Gasteiger partial charge on any atom is -0.487 e. The monoisotopic (exact) mass is 473 g/mol. The van der Waals surface area contributed by atoms with Crippen LogP contribution in [0.5, 0.6) is 11.5 Å². The molecule has 0 bridgehead atoms. The Morgan fingerprint density at radius 2 is 2.03 bits per heavy atom. The van der Waals surface area contributed by atoms with Crippen LogP contribution in [0.15, 0.2) is 35.9 Å². The number of esters is 1. The summed E-state index contributed by atoms with van der Waals surface area (Å²) >= 11 is 0. The number of carboxylic acid groups (broad SMARTS) is 1.